The Bertz CT molecular complexity index is 965. The zero-order chi connectivity index (χ0) is 19.3. The Morgan fingerprint density at radius 3 is 2.82 bits per heavy atom. The number of benzene rings is 1. The minimum Gasteiger partial charge on any atom is -0.477 e. The molecule has 144 valence electrons. The maximum atomic E-state index is 12.6. The summed E-state index contributed by atoms with van der Waals surface area (Å²) < 4.78 is 7.65. The van der Waals surface area contributed by atoms with Crippen LogP contribution in [0.15, 0.2) is 42.6 Å². The number of nitrogens with one attached hydrogen (secondary N) is 1. The van der Waals surface area contributed by atoms with Crippen molar-refractivity contribution in [3.8, 4) is 17.3 Å². The lowest BCUT2D eigenvalue weighted by atomic mass is 10.1. The van der Waals surface area contributed by atoms with Crippen molar-refractivity contribution in [3.05, 3.63) is 54.0 Å². The number of hydrogen-bond donors (Lipinski definition) is 1. The predicted octanol–water partition coefficient (Wildman–Crippen LogP) is 3.72. The third kappa shape index (κ3) is 3.74. The van der Waals surface area contributed by atoms with Crippen molar-refractivity contribution in [2.75, 3.05) is 11.9 Å². The normalized spacial score (nSPS) is 13.5. The number of aromatic nitrogens is 4. The van der Waals surface area contributed by atoms with Crippen LogP contribution in [0.1, 0.15) is 42.4 Å². The highest BCUT2D eigenvalue weighted by Crippen LogP contribution is 2.24. The molecule has 0 saturated heterocycles. The van der Waals surface area contributed by atoms with E-state index in [0.717, 1.165) is 36.6 Å². The molecule has 3 heterocycles. The van der Waals surface area contributed by atoms with E-state index in [1.165, 1.54) is 12.8 Å². The van der Waals surface area contributed by atoms with E-state index in [9.17, 15) is 4.79 Å². The molecule has 0 radical (unpaired) electrons. The summed E-state index contributed by atoms with van der Waals surface area (Å²) in [4.78, 5) is 16.7. The van der Waals surface area contributed by atoms with Gasteiger partial charge in [0.15, 0.2) is 5.82 Å². The summed E-state index contributed by atoms with van der Waals surface area (Å²) in [5.74, 6) is 2.04. The second-order valence-electron chi connectivity index (χ2n) is 6.72. The van der Waals surface area contributed by atoms with Crippen LogP contribution >= 0.6 is 0 Å². The van der Waals surface area contributed by atoms with Gasteiger partial charge in [0.25, 0.3) is 5.91 Å². The van der Waals surface area contributed by atoms with E-state index in [1.54, 1.807) is 18.3 Å². The van der Waals surface area contributed by atoms with Crippen LogP contribution in [0.2, 0.25) is 0 Å². The van der Waals surface area contributed by atoms with Gasteiger partial charge >= 0.3 is 0 Å². The summed E-state index contributed by atoms with van der Waals surface area (Å²) in [5, 5.41) is 11.6. The van der Waals surface area contributed by atoms with Crippen LogP contribution in [-0.4, -0.2) is 32.3 Å². The molecule has 0 saturated carbocycles. The number of nitrogens with zero attached hydrogens (tertiary/aromatic N) is 4. The van der Waals surface area contributed by atoms with Gasteiger partial charge in [-0.15, -0.1) is 10.2 Å². The molecule has 1 N–H and O–H groups in total. The molecule has 1 amide bonds. The van der Waals surface area contributed by atoms with Crippen LogP contribution in [0.3, 0.4) is 0 Å². The van der Waals surface area contributed by atoms with Gasteiger partial charge in [-0.3, -0.25) is 4.79 Å². The highest BCUT2D eigenvalue weighted by atomic mass is 16.5. The smallest absolute Gasteiger partial charge is 0.261 e. The number of fused-ring (bicyclic) bond motifs is 1. The number of ether oxygens (including phenoxy) is 1. The number of anilines is 1. The Morgan fingerprint density at radius 1 is 1.14 bits per heavy atom. The van der Waals surface area contributed by atoms with Gasteiger partial charge < -0.3 is 14.6 Å². The molecule has 28 heavy (non-hydrogen) atoms. The van der Waals surface area contributed by atoms with Crippen LogP contribution in [0.25, 0.3) is 11.4 Å². The first-order valence-electron chi connectivity index (χ1n) is 9.68. The van der Waals surface area contributed by atoms with Gasteiger partial charge in [-0.1, -0.05) is 6.42 Å². The first-order valence-corrected chi connectivity index (χ1v) is 9.68. The van der Waals surface area contributed by atoms with Gasteiger partial charge in [-0.25, -0.2) is 4.98 Å². The van der Waals surface area contributed by atoms with Crippen molar-refractivity contribution in [1.29, 1.82) is 0 Å². The van der Waals surface area contributed by atoms with Gasteiger partial charge in [0, 0.05) is 30.4 Å². The molecule has 1 aliphatic rings. The fourth-order valence-electron chi connectivity index (χ4n) is 3.42. The fraction of sp³-hybridized carbons (Fsp3) is 0.333. The largest absolute Gasteiger partial charge is 0.477 e. The van der Waals surface area contributed by atoms with Gasteiger partial charge in [0.05, 0.1) is 6.61 Å². The van der Waals surface area contributed by atoms with Crippen molar-refractivity contribution in [1.82, 2.24) is 19.7 Å². The van der Waals surface area contributed by atoms with Gasteiger partial charge in [-0.2, -0.15) is 0 Å². The van der Waals surface area contributed by atoms with E-state index < -0.39 is 0 Å². The van der Waals surface area contributed by atoms with E-state index in [2.05, 4.69) is 25.1 Å². The zero-order valence-corrected chi connectivity index (χ0v) is 15.9. The van der Waals surface area contributed by atoms with Gasteiger partial charge in [0.2, 0.25) is 5.88 Å². The van der Waals surface area contributed by atoms with Crippen molar-refractivity contribution in [2.24, 2.45) is 0 Å². The molecule has 0 unspecified atom stereocenters. The minimum absolute atomic E-state index is 0.249. The molecule has 1 aliphatic heterocycles. The Balaban J connectivity index is 1.52. The lowest BCUT2D eigenvalue weighted by Gasteiger charge is -2.10. The molecule has 3 aromatic rings. The molecule has 0 spiro atoms. The molecule has 1 aromatic carbocycles. The average Bonchev–Trinajstić information content (AvgIpc) is 2.97. The summed E-state index contributed by atoms with van der Waals surface area (Å²) in [6.45, 7) is 3.27. The van der Waals surface area contributed by atoms with Crippen molar-refractivity contribution >= 4 is 11.6 Å². The van der Waals surface area contributed by atoms with E-state index in [-0.39, 0.29) is 5.91 Å². The quantitative estimate of drug-likeness (QED) is 0.733. The lowest BCUT2D eigenvalue weighted by molar-refractivity contribution is 0.102. The summed E-state index contributed by atoms with van der Waals surface area (Å²) in [5.41, 5.74) is 2.11. The Kier molecular flexibility index (Phi) is 5.32. The summed E-state index contributed by atoms with van der Waals surface area (Å²) >= 11 is 0. The van der Waals surface area contributed by atoms with Crippen molar-refractivity contribution in [2.45, 2.75) is 39.2 Å². The van der Waals surface area contributed by atoms with E-state index in [0.29, 0.717) is 23.7 Å². The van der Waals surface area contributed by atoms with Crippen LogP contribution < -0.4 is 10.1 Å². The third-order valence-corrected chi connectivity index (χ3v) is 4.81. The highest BCUT2D eigenvalue weighted by Gasteiger charge is 2.17. The monoisotopic (exact) mass is 377 g/mol. The first-order chi connectivity index (χ1) is 13.8. The second-order valence-corrected chi connectivity index (χ2v) is 6.72. The molecular weight excluding hydrogens is 354 g/mol. The Morgan fingerprint density at radius 2 is 2.00 bits per heavy atom. The molecular formula is C21H23N5O2. The second kappa shape index (κ2) is 8.21. The van der Waals surface area contributed by atoms with Gasteiger partial charge in [-0.05, 0) is 56.2 Å². The topological polar surface area (TPSA) is 81.9 Å². The molecule has 0 bridgehead atoms. The number of amides is 1. The molecule has 7 nitrogen and oxygen atoms in total. The average molecular weight is 377 g/mol. The van der Waals surface area contributed by atoms with Crippen LogP contribution in [0.4, 0.5) is 5.69 Å². The van der Waals surface area contributed by atoms with Crippen LogP contribution in [0, 0.1) is 0 Å². The molecule has 0 atom stereocenters. The van der Waals surface area contributed by atoms with E-state index in [1.807, 2.05) is 31.2 Å². The molecule has 0 fully saturated rings. The molecule has 4 rings (SSSR count). The highest BCUT2D eigenvalue weighted by molar-refractivity contribution is 6.05. The Labute approximate surface area is 163 Å². The summed E-state index contributed by atoms with van der Waals surface area (Å²) in [6, 6.07) is 11.1. The number of rotatable bonds is 5. The van der Waals surface area contributed by atoms with Crippen LogP contribution in [-0.2, 0) is 13.0 Å². The standard InChI is InChI=1S/C21H23N5O2/c1-2-28-21-17(7-6-13-22-21)20(27)23-16-11-9-15(10-12-16)19-25-24-18-8-4-3-5-14-26(18)19/h6-7,9-13H,2-5,8,14H2,1H3,(H,23,27). The Hall–Kier alpha value is -3.22. The number of carbonyl (C=O) groups excluding carboxylic acids is 1. The summed E-state index contributed by atoms with van der Waals surface area (Å²) in [7, 11) is 0. The minimum atomic E-state index is -0.249. The van der Waals surface area contributed by atoms with Crippen molar-refractivity contribution in [3.63, 3.8) is 0 Å². The van der Waals surface area contributed by atoms with Crippen LogP contribution in [0.5, 0.6) is 5.88 Å². The molecule has 7 heteroatoms. The third-order valence-electron chi connectivity index (χ3n) is 4.81. The lowest BCUT2D eigenvalue weighted by Crippen LogP contribution is -2.14. The van der Waals surface area contributed by atoms with Crippen molar-refractivity contribution < 1.29 is 9.53 Å². The maximum absolute atomic E-state index is 12.6. The number of carbonyl (C=O) groups is 1. The first kappa shape index (κ1) is 18.2. The molecule has 2 aromatic heterocycles. The molecule has 0 aliphatic carbocycles. The fourth-order valence-corrected chi connectivity index (χ4v) is 3.42. The SMILES string of the molecule is CCOc1ncccc1C(=O)Nc1ccc(-c2nnc3n2CCCCC3)cc1. The van der Waals surface area contributed by atoms with E-state index in [4.69, 9.17) is 4.74 Å². The number of aryl methyl sites for hydroxylation is 1. The number of pyridine rings is 1. The maximum Gasteiger partial charge on any atom is 0.261 e. The predicted molar refractivity (Wildman–Crippen MR) is 106 cm³/mol. The van der Waals surface area contributed by atoms with Gasteiger partial charge in [0.1, 0.15) is 11.4 Å². The summed E-state index contributed by atoms with van der Waals surface area (Å²) in [6.07, 6.45) is 6.14. The number of hydrogen-bond acceptors (Lipinski definition) is 5. The zero-order valence-electron chi connectivity index (χ0n) is 15.9. The van der Waals surface area contributed by atoms with E-state index >= 15 is 0 Å².